The van der Waals surface area contributed by atoms with Crippen LogP contribution in [0.2, 0.25) is 0 Å². The van der Waals surface area contributed by atoms with Crippen LogP contribution in [0, 0.1) is 6.07 Å². The van der Waals surface area contributed by atoms with Crippen molar-refractivity contribution in [1.29, 1.82) is 0 Å². The van der Waals surface area contributed by atoms with Crippen molar-refractivity contribution < 1.29 is 42.5 Å². The SMILES string of the molecule is O=S(=O)(O)c1c[c-]ccc1.P.[Na+]. The standard InChI is InChI=1S/C6H5O3S.Na.H3P/c7-10(8,9)6-4-2-1-3-5-6;;/h1-2,4-5H,(H,7,8,9);;1H3/q-1;+1;. The number of benzene rings is 1. The molecule has 0 aliphatic heterocycles. The van der Waals surface area contributed by atoms with Crippen LogP contribution >= 0.6 is 9.90 Å². The van der Waals surface area contributed by atoms with E-state index in [2.05, 4.69) is 6.07 Å². The fourth-order valence-corrected chi connectivity index (χ4v) is 1.00. The van der Waals surface area contributed by atoms with Crippen molar-refractivity contribution in [3.8, 4) is 0 Å². The van der Waals surface area contributed by atoms with Crippen LogP contribution in [-0.2, 0) is 10.1 Å². The summed E-state index contributed by atoms with van der Waals surface area (Å²) in [5, 5.41) is 0. The van der Waals surface area contributed by atoms with Crippen molar-refractivity contribution in [3.05, 3.63) is 30.3 Å². The Kier molecular flexibility index (Phi) is 7.63. The molecule has 12 heavy (non-hydrogen) atoms. The van der Waals surface area contributed by atoms with Crippen LogP contribution < -0.4 is 29.6 Å². The monoisotopic (exact) mass is 214 g/mol. The predicted molar refractivity (Wildman–Crippen MR) is 46.2 cm³/mol. The summed E-state index contributed by atoms with van der Waals surface area (Å²) in [5.74, 6) is 0. The van der Waals surface area contributed by atoms with Crippen LogP contribution in [0.3, 0.4) is 0 Å². The average Bonchev–Trinajstić information content (AvgIpc) is 1.88. The molecule has 62 valence electrons. The third kappa shape index (κ3) is 4.55. The first kappa shape index (κ1) is 15.1. The zero-order valence-corrected chi connectivity index (χ0v) is 10.9. The van der Waals surface area contributed by atoms with Gasteiger partial charge in [-0.3, -0.25) is 4.55 Å². The molecular weight excluding hydrogens is 206 g/mol. The summed E-state index contributed by atoms with van der Waals surface area (Å²) in [6, 6.07) is 8.07. The first-order chi connectivity index (χ1) is 4.61. The zero-order valence-electron chi connectivity index (χ0n) is 6.69. The molecule has 1 rings (SSSR count). The minimum Gasteiger partial charge on any atom is -0.291 e. The maximum absolute atomic E-state index is 10.4. The quantitative estimate of drug-likeness (QED) is 0.250. The van der Waals surface area contributed by atoms with E-state index in [1.807, 2.05) is 0 Å². The van der Waals surface area contributed by atoms with Crippen LogP contribution in [0.5, 0.6) is 0 Å². The average molecular weight is 214 g/mol. The Morgan fingerprint density at radius 3 is 2.25 bits per heavy atom. The smallest absolute Gasteiger partial charge is 0.291 e. The van der Waals surface area contributed by atoms with Gasteiger partial charge in [-0.2, -0.15) is 40.2 Å². The van der Waals surface area contributed by atoms with Gasteiger partial charge in [0.1, 0.15) is 0 Å². The second-order valence-corrected chi connectivity index (χ2v) is 3.14. The van der Waals surface area contributed by atoms with Crippen molar-refractivity contribution in [2.45, 2.75) is 4.90 Å². The Morgan fingerprint density at radius 1 is 1.42 bits per heavy atom. The first-order valence-electron chi connectivity index (χ1n) is 2.54. The summed E-state index contributed by atoms with van der Waals surface area (Å²) >= 11 is 0. The molecular formula is C6H8NaO3PS. The molecule has 0 fully saturated rings. The van der Waals surface area contributed by atoms with Crippen molar-refractivity contribution in [1.82, 2.24) is 0 Å². The maximum Gasteiger partial charge on any atom is 1.00 e. The molecule has 1 N–H and O–H groups in total. The van der Waals surface area contributed by atoms with Gasteiger partial charge in [0.2, 0.25) is 10.1 Å². The minimum atomic E-state index is -4.03. The molecule has 0 spiro atoms. The van der Waals surface area contributed by atoms with Crippen molar-refractivity contribution in [2.75, 3.05) is 0 Å². The summed E-state index contributed by atoms with van der Waals surface area (Å²) in [6.07, 6.45) is 0. The van der Waals surface area contributed by atoms with Gasteiger partial charge in [-0.1, -0.05) is 0 Å². The Morgan fingerprint density at radius 2 is 2.00 bits per heavy atom. The van der Waals surface area contributed by atoms with Crippen LogP contribution in [0.25, 0.3) is 0 Å². The Bertz CT molecular complexity index is 311. The molecule has 0 aliphatic rings. The molecule has 0 saturated carbocycles. The molecule has 0 aromatic heterocycles. The zero-order chi connectivity index (χ0) is 7.61. The van der Waals surface area contributed by atoms with Crippen LogP contribution in [0.15, 0.2) is 29.2 Å². The van der Waals surface area contributed by atoms with Crippen molar-refractivity contribution in [2.24, 2.45) is 0 Å². The number of hydrogen-bond donors (Lipinski definition) is 1. The van der Waals surface area contributed by atoms with Gasteiger partial charge in [0, 0.05) is 0 Å². The minimum absolute atomic E-state index is 0. The van der Waals surface area contributed by atoms with E-state index < -0.39 is 10.1 Å². The fourth-order valence-electron chi connectivity index (χ4n) is 0.537. The summed E-state index contributed by atoms with van der Waals surface area (Å²) in [5.41, 5.74) is 0. The summed E-state index contributed by atoms with van der Waals surface area (Å²) in [6.45, 7) is 0. The third-order valence-electron chi connectivity index (χ3n) is 0.976. The van der Waals surface area contributed by atoms with Gasteiger partial charge in [-0.05, 0) is 4.90 Å². The molecule has 0 saturated heterocycles. The molecule has 1 atom stereocenters. The van der Waals surface area contributed by atoms with E-state index in [0.717, 1.165) is 0 Å². The van der Waals surface area contributed by atoms with E-state index >= 15 is 0 Å². The van der Waals surface area contributed by atoms with E-state index in [0.29, 0.717) is 0 Å². The molecule has 3 nitrogen and oxygen atoms in total. The van der Waals surface area contributed by atoms with E-state index in [9.17, 15) is 8.42 Å². The molecule has 6 heteroatoms. The summed E-state index contributed by atoms with van der Waals surface area (Å²) in [7, 11) is -4.03. The molecule has 0 heterocycles. The normalized spacial score (nSPS) is 9.42. The second kappa shape index (κ2) is 6.08. The molecule has 0 aliphatic carbocycles. The Hall–Kier alpha value is 0.560. The second-order valence-electron chi connectivity index (χ2n) is 1.71. The van der Waals surface area contributed by atoms with E-state index in [-0.39, 0.29) is 44.4 Å². The summed E-state index contributed by atoms with van der Waals surface area (Å²) < 4.78 is 29.2. The van der Waals surface area contributed by atoms with Gasteiger partial charge in [0.05, 0.1) is 0 Å². The van der Waals surface area contributed by atoms with Crippen molar-refractivity contribution in [3.63, 3.8) is 0 Å². The molecule has 0 bridgehead atoms. The fraction of sp³-hybridized carbons (Fsp3) is 0. The Labute approximate surface area is 97.2 Å². The number of hydrogen-bond acceptors (Lipinski definition) is 2. The van der Waals surface area contributed by atoms with Crippen LogP contribution in [0.1, 0.15) is 0 Å². The van der Waals surface area contributed by atoms with Crippen LogP contribution in [0.4, 0.5) is 0 Å². The maximum atomic E-state index is 10.4. The van der Waals surface area contributed by atoms with Gasteiger partial charge in [0.25, 0.3) is 0 Å². The van der Waals surface area contributed by atoms with Crippen LogP contribution in [-0.4, -0.2) is 13.0 Å². The van der Waals surface area contributed by atoms with Gasteiger partial charge < -0.3 is 0 Å². The van der Waals surface area contributed by atoms with E-state index in [1.165, 1.54) is 18.2 Å². The Balaban J connectivity index is 0. The largest absolute Gasteiger partial charge is 1.00 e. The van der Waals surface area contributed by atoms with Gasteiger partial charge in [0.15, 0.2) is 0 Å². The molecule has 0 amide bonds. The van der Waals surface area contributed by atoms with Gasteiger partial charge in [-0.15, -0.1) is 0 Å². The topological polar surface area (TPSA) is 54.4 Å². The molecule has 1 unspecified atom stereocenters. The van der Waals surface area contributed by atoms with E-state index in [4.69, 9.17) is 4.55 Å². The molecule has 1 aromatic carbocycles. The molecule has 0 radical (unpaired) electrons. The van der Waals surface area contributed by atoms with Gasteiger partial charge in [-0.25, -0.2) is 8.42 Å². The van der Waals surface area contributed by atoms with Gasteiger partial charge >= 0.3 is 29.6 Å². The van der Waals surface area contributed by atoms with Crippen molar-refractivity contribution >= 4 is 20.0 Å². The number of rotatable bonds is 1. The van der Waals surface area contributed by atoms with E-state index in [1.54, 1.807) is 6.07 Å². The first-order valence-corrected chi connectivity index (χ1v) is 3.98. The predicted octanol–water partition coefficient (Wildman–Crippen LogP) is -2.20. The third-order valence-corrected chi connectivity index (χ3v) is 1.83. The molecule has 1 aromatic rings. The summed E-state index contributed by atoms with van der Waals surface area (Å²) in [4.78, 5) is -0.130.